The third kappa shape index (κ3) is 6.35. The highest BCUT2D eigenvalue weighted by molar-refractivity contribution is 5.87. The van der Waals surface area contributed by atoms with Gasteiger partial charge in [-0.1, -0.05) is 44.2 Å². The lowest BCUT2D eigenvalue weighted by molar-refractivity contribution is -0.143. The van der Waals surface area contributed by atoms with E-state index >= 15 is 0 Å². The molecule has 0 spiro atoms. The highest BCUT2D eigenvalue weighted by Crippen LogP contribution is 2.21. The van der Waals surface area contributed by atoms with Gasteiger partial charge in [0.1, 0.15) is 5.54 Å². The van der Waals surface area contributed by atoms with Crippen LogP contribution in [-0.2, 0) is 15.1 Å². The van der Waals surface area contributed by atoms with Crippen LogP contribution in [0.3, 0.4) is 0 Å². The molecule has 1 heterocycles. The summed E-state index contributed by atoms with van der Waals surface area (Å²) >= 11 is 0. The van der Waals surface area contributed by atoms with Crippen LogP contribution in [0.2, 0.25) is 0 Å². The lowest BCUT2D eigenvalue weighted by atomic mass is 9.91. The summed E-state index contributed by atoms with van der Waals surface area (Å²) in [4.78, 5) is 31.0. The van der Waals surface area contributed by atoms with Crippen molar-refractivity contribution < 1.29 is 9.59 Å². The van der Waals surface area contributed by atoms with E-state index in [0.717, 1.165) is 18.7 Å². The second-order valence-electron chi connectivity index (χ2n) is 6.70. The van der Waals surface area contributed by atoms with Crippen LogP contribution in [0.1, 0.15) is 26.3 Å². The van der Waals surface area contributed by atoms with Crippen LogP contribution in [0.4, 0.5) is 0 Å². The molecule has 1 aromatic carbocycles. The van der Waals surface area contributed by atoms with Gasteiger partial charge in [0.2, 0.25) is 11.8 Å². The summed E-state index contributed by atoms with van der Waals surface area (Å²) in [7, 11) is 0. The van der Waals surface area contributed by atoms with Crippen molar-refractivity contribution in [2.24, 2.45) is 5.73 Å². The molecule has 1 aromatic rings. The van der Waals surface area contributed by atoms with E-state index in [1.807, 2.05) is 35.2 Å². The van der Waals surface area contributed by atoms with E-state index in [2.05, 4.69) is 18.7 Å². The van der Waals surface area contributed by atoms with Crippen LogP contribution < -0.4 is 5.73 Å². The third-order valence-electron chi connectivity index (χ3n) is 4.99. The molecule has 0 radical (unpaired) electrons. The van der Waals surface area contributed by atoms with Crippen molar-refractivity contribution in [2.75, 3.05) is 45.8 Å². The Morgan fingerprint density at radius 3 is 1.96 bits per heavy atom. The zero-order chi connectivity index (χ0) is 18.4. The number of carbonyl (C=O) groups excluding carboxylic acids is 2. The van der Waals surface area contributed by atoms with Crippen molar-refractivity contribution in [3.8, 4) is 0 Å². The van der Waals surface area contributed by atoms with Crippen LogP contribution >= 0.6 is 24.8 Å². The van der Waals surface area contributed by atoms with Gasteiger partial charge in [-0.25, -0.2) is 0 Å². The zero-order valence-electron chi connectivity index (χ0n) is 16.4. The van der Waals surface area contributed by atoms with E-state index in [4.69, 9.17) is 5.73 Å². The molecule has 1 saturated heterocycles. The monoisotopic (exact) mass is 418 g/mol. The fourth-order valence-corrected chi connectivity index (χ4v) is 3.13. The van der Waals surface area contributed by atoms with Crippen LogP contribution in [0.15, 0.2) is 30.3 Å². The number of hydrogen-bond donors (Lipinski definition) is 1. The Hall–Kier alpha value is -1.34. The number of amides is 2. The number of hydrogen-bond acceptors (Lipinski definition) is 4. The highest BCUT2D eigenvalue weighted by atomic mass is 35.5. The predicted octanol–water partition coefficient (Wildman–Crippen LogP) is 1.72. The number of halogens is 2. The molecule has 1 fully saturated rings. The molecule has 154 valence electrons. The van der Waals surface area contributed by atoms with Gasteiger partial charge in [0.05, 0.1) is 6.54 Å². The molecule has 8 heteroatoms. The first-order valence-electron chi connectivity index (χ1n) is 9.04. The summed E-state index contributed by atoms with van der Waals surface area (Å²) in [5.74, 6) is 0.0453. The van der Waals surface area contributed by atoms with E-state index in [1.165, 1.54) is 0 Å². The smallest absolute Gasteiger partial charge is 0.247 e. The highest BCUT2D eigenvalue weighted by Gasteiger charge is 2.36. The van der Waals surface area contributed by atoms with Gasteiger partial charge in [-0.2, -0.15) is 0 Å². The molecule has 0 aliphatic carbocycles. The minimum Gasteiger partial charge on any atom is -0.338 e. The van der Waals surface area contributed by atoms with Gasteiger partial charge in [-0.3, -0.25) is 14.5 Å². The number of nitrogens with two attached hydrogens (primary N) is 1. The van der Waals surface area contributed by atoms with Crippen LogP contribution in [-0.4, -0.2) is 72.3 Å². The van der Waals surface area contributed by atoms with Crippen molar-refractivity contribution in [2.45, 2.75) is 26.3 Å². The second-order valence-corrected chi connectivity index (χ2v) is 6.70. The summed E-state index contributed by atoms with van der Waals surface area (Å²) < 4.78 is 0. The maximum absolute atomic E-state index is 12.9. The largest absolute Gasteiger partial charge is 0.338 e. The first kappa shape index (κ1) is 25.7. The molecule has 0 saturated carbocycles. The SMILES string of the molecule is CCN(CC)CC(=O)N1CCN(C(=O)C(C)(N)c2ccccc2)CC1.Cl.Cl. The minimum atomic E-state index is -1.05. The molecule has 0 aromatic heterocycles. The summed E-state index contributed by atoms with van der Waals surface area (Å²) in [5, 5.41) is 0. The number of benzene rings is 1. The van der Waals surface area contributed by atoms with Gasteiger partial charge < -0.3 is 15.5 Å². The summed E-state index contributed by atoms with van der Waals surface area (Å²) in [5.41, 5.74) is 6.09. The molecular weight excluding hydrogens is 387 g/mol. The molecule has 0 bridgehead atoms. The van der Waals surface area contributed by atoms with Gasteiger partial charge in [0.25, 0.3) is 0 Å². The van der Waals surface area contributed by atoms with Gasteiger partial charge in [-0.05, 0) is 25.6 Å². The molecular formula is C19H32Cl2N4O2. The van der Waals surface area contributed by atoms with E-state index < -0.39 is 5.54 Å². The van der Waals surface area contributed by atoms with Crippen molar-refractivity contribution in [1.29, 1.82) is 0 Å². The van der Waals surface area contributed by atoms with Gasteiger partial charge in [-0.15, -0.1) is 24.8 Å². The van der Waals surface area contributed by atoms with Crippen LogP contribution in [0.5, 0.6) is 0 Å². The summed E-state index contributed by atoms with van der Waals surface area (Å²) in [6, 6.07) is 9.43. The van der Waals surface area contributed by atoms with Crippen LogP contribution in [0.25, 0.3) is 0 Å². The van der Waals surface area contributed by atoms with Gasteiger partial charge in [0, 0.05) is 26.2 Å². The lowest BCUT2D eigenvalue weighted by Crippen LogP contribution is -2.58. The number of likely N-dealkylation sites (N-methyl/N-ethyl adjacent to an activating group) is 1. The second kappa shape index (κ2) is 11.5. The first-order chi connectivity index (χ1) is 11.9. The summed E-state index contributed by atoms with van der Waals surface area (Å²) in [6.45, 7) is 10.2. The van der Waals surface area contributed by atoms with Gasteiger partial charge in [0.15, 0.2) is 0 Å². The number of nitrogens with zero attached hydrogens (tertiary/aromatic N) is 3. The molecule has 2 N–H and O–H groups in total. The van der Waals surface area contributed by atoms with Crippen molar-refractivity contribution >= 4 is 36.6 Å². The molecule has 6 nitrogen and oxygen atoms in total. The van der Waals surface area contributed by atoms with Gasteiger partial charge >= 0.3 is 0 Å². The number of rotatable bonds is 6. The maximum Gasteiger partial charge on any atom is 0.247 e. The Morgan fingerprint density at radius 2 is 1.48 bits per heavy atom. The van der Waals surface area contributed by atoms with E-state index in [9.17, 15) is 9.59 Å². The minimum absolute atomic E-state index is 0. The molecule has 2 rings (SSSR count). The maximum atomic E-state index is 12.9. The fourth-order valence-electron chi connectivity index (χ4n) is 3.13. The standard InChI is InChI=1S/C19H30N4O2.2ClH/c1-4-21(5-2)15-17(24)22-11-13-23(14-12-22)18(25)19(3,20)16-9-7-6-8-10-16;;/h6-10H,4-5,11-15,20H2,1-3H3;2*1H. The summed E-state index contributed by atoms with van der Waals surface area (Å²) in [6.07, 6.45) is 0. The Kier molecular flexibility index (Phi) is 10.9. The quantitative estimate of drug-likeness (QED) is 0.763. The van der Waals surface area contributed by atoms with Crippen LogP contribution in [0, 0.1) is 0 Å². The number of carbonyl (C=O) groups is 2. The average Bonchev–Trinajstić information content (AvgIpc) is 2.66. The van der Waals surface area contributed by atoms with E-state index in [0.29, 0.717) is 32.7 Å². The average molecular weight is 419 g/mol. The molecule has 1 aliphatic rings. The third-order valence-corrected chi connectivity index (χ3v) is 4.99. The normalized spacial score (nSPS) is 16.2. The Bertz CT molecular complexity index is 587. The Balaban J connectivity index is 0.00000338. The van der Waals surface area contributed by atoms with Crippen molar-refractivity contribution in [1.82, 2.24) is 14.7 Å². The molecule has 27 heavy (non-hydrogen) atoms. The van der Waals surface area contributed by atoms with Crippen molar-refractivity contribution in [3.05, 3.63) is 35.9 Å². The fraction of sp³-hybridized carbons (Fsp3) is 0.579. The Labute approximate surface area is 174 Å². The van der Waals surface area contributed by atoms with Crippen molar-refractivity contribution in [3.63, 3.8) is 0 Å². The number of piperazine rings is 1. The molecule has 2 amide bonds. The molecule has 1 atom stereocenters. The Morgan fingerprint density at radius 1 is 1.00 bits per heavy atom. The van der Waals surface area contributed by atoms with E-state index in [-0.39, 0.29) is 36.6 Å². The predicted molar refractivity (Wildman–Crippen MR) is 113 cm³/mol. The topological polar surface area (TPSA) is 69.9 Å². The molecule has 1 aliphatic heterocycles. The molecule has 1 unspecified atom stereocenters. The van der Waals surface area contributed by atoms with E-state index in [1.54, 1.807) is 11.8 Å². The first-order valence-corrected chi connectivity index (χ1v) is 9.04. The lowest BCUT2D eigenvalue weighted by Gasteiger charge is -2.39. The zero-order valence-corrected chi connectivity index (χ0v) is 18.0.